The maximum absolute atomic E-state index is 13.3. The van der Waals surface area contributed by atoms with Crippen molar-refractivity contribution in [2.45, 2.75) is 47.2 Å². The van der Waals surface area contributed by atoms with Gasteiger partial charge in [-0.2, -0.15) is 0 Å². The van der Waals surface area contributed by atoms with Gasteiger partial charge in [0.15, 0.2) is 6.61 Å². The third-order valence-corrected chi connectivity index (χ3v) is 5.02. The molecule has 2 aromatic carbocycles. The van der Waals surface area contributed by atoms with Crippen molar-refractivity contribution in [3.8, 4) is 5.75 Å². The monoisotopic (exact) mass is 414 g/mol. The molecule has 0 aliphatic heterocycles. The largest absolute Gasteiger partial charge is 0.483 e. The fourth-order valence-corrected chi connectivity index (χ4v) is 2.92. The highest BCUT2D eigenvalue weighted by molar-refractivity contribution is 5.88. The van der Waals surface area contributed by atoms with Crippen molar-refractivity contribution in [1.29, 1.82) is 0 Å². The van der Waals surface area contributed by atoms with Gasteiger partial charge in [-0.15, -0.1) is 0 Å². The summed E-state index contributed by atoms with van der Waals surface area (Å²) >= 11 is 0. The number of benzene rings is 2. The molecule has 0 bridgehead atoms. The van der Waals surface area contributed by atoms with Crippen molar-refractivity contribution in [2.24, 2.45) is 5.92 Å². The van der Waals surface area contributed by atoms with Crippen molar-refractivity contribution in [2.75, 3.05) is 13.2 Å². The van der Waals surface area contributed by atoms with Crippen molar-refractivity contribution in [1.82, 2.24) is 10.2 Å². The van der Waals surface area contributed by atoms with Gasteiger partial charge in [0.1, 0.15) is 17.6 Å². The number of carbonyl (C=O) groups is 2. The van der Waals surface area contributed by atoms with Crippen LogP contribution in [-0.4, -0.2) is 35.9 Å². The molecule has 0 heterocycles. The predicted molar refractivity (Wildman–Crippen MR) is 116 cm³/mol. The van der Waals surface area contributed by atoms with Crippen LogP contribution >= 0.6 is 0 Å². The summed E-state index contributed by atoms with van der Waals surface area (Å²) in [5, 5.41) is 2.87. The Labute approximate surface area is 178 Å². The van der Waals surface area contributed by atoms with Crippen LogP contribution < -0.4 is 10.1 Å². The molecular weight excluding hydrogens is 383 g/mol. The van der Waals surface area contributed by atoms with Crippen LogP contribution in [0, 0.1) is 25.6 Å². The molecule has 2 rings (SSSR count). The predicted octanol–water partition coefficient (Wildman–Crippen LogP) is 4.01. The lowest BCUT2D eigenvalue weighted by Gasteiger charge is -2.29. The fourth-order valence-electron chi connectivity index (χ4n) is 2.92. The normalized spacial score (nSPS) is 11.8. The average Bonchev–Trinajstić information content (AvgIpc) is 2.71. The standard InChI is InChI=1S/C24H31FN2O3/c1-16(2)13-26-24(29)19(5)27(14-20-9-11-21(25)12-10-20)23(28)15-30-22-8-6-7-17(3)18(22)4/h6-12,16,19H,13-15H2,1-5H3,(H,26,29)/t19-/m0/s1. The van der Waals surface area contributed by atoms with Crippen LogP contribution in [0.25, 0.3) is 0 Å². The molecular formula is C24H31FN2O3. The molecule has 162 valence electrons. The maximum Gasteiger partial charge on any atom is 0.261 e. The van der Waals surface area contributed by atoms with E-state index in [1.165, 1.54) is 17.0 Å². The van der Waals surface area contributed by atoms with Crippen LogP contribution in [0.4, 0.5) is 4.39 Å². The van der Waals surface area contributed by atoms with E-state index in [-0.39, 0.29) is 30.8 Å². The van der Waals surface area contributed by atoms with Gasteiger partial charge in [-0.1, -0.05) is 38.1 Å². The summed E-state index contributed by atoms with van der Waals surface area (Å²) in [5.74, 6) is 0.0490. The molecule has 0 unspecified atom stereocenters. The first-order valence-electron chi connectivity index (χ1n) is 10.2. The molecule has 0 fully saturated rings. The summed E-state index contributed by atoms with van der Waals surface area (Å²) in [4.78, 5) is 27.1. The molecule has 5 nitrogen and oxygen atoms in total. The fraction of sp³-hybridized carbons (Fsp3) is 0.417. The van der Waals surface area contributed by atoms with Gasteiger partial charge in [0.25, 0.3) is 5.91 Å². The number of nitrogens with one attached hydrogen (secondary N) is 1. The summed E-state index contributed by atoms with van der Waals surface area (Å²) in [5.41, 5.74) is 2.78. The highest BCUT2D eigenvalue weighted by Gasteiger charge is 2.26. The molecule has 0 aliphatic rings. The van der Waals surface area contributed by atoms with E-state index in [1.54, 1.807) is 19.1 Å². The Kier molecular flexibility index (Phi) is 8.39. The van der Waals surface area contributed by atoms with E-state index < -0.39 is 6.04 Å². The molecule has 1 N–H and O–H groups in total. The maximum atomic E-state index is 13.3. The number of nitrogens with zero attached hydrogens (tertiary/aromatic N) is 1. The first-order chi connectivity index (χ1) is 14.2. The Hall–Kier alpha value is -2.89. The summed E-state index contributed by atoms with van der Waals surface area (Å²) in [6.07, 6.45) is 0. The quantitative estimate of drug-likeness (QED) is 0.674. The zero-order chi connectivity index (χ0) is 22.3. The number of aryl methyl sites for hydroxylation is 1. The molecule has 0 radical (unpaired) electrons. The molecule has 6 heteroatoms. The van der Waals surface area contributed by atoms with E-state index in [4.69, 9.17) is 4.74 Å². The molecule has 0 aliphatic carbocycles. The second-order valence-corrected chi connectivity index (χ2v) is 7.95. The van der Waals surface area contributed by atoms with E-state index in [1.807, 2.05) is 45.9 Å². The highest BCUT2D eigenvalue weighted by atomic mass is 19.1. The van der Waals surface area contributed by atoms with Gasteiger partial charge in [-0.25, -0.2) is 4.39 Å². The van der Waals surface area contributed by atoms with E-state index in [0.717, 1.165) is 16.7 Å². The van der Waals surface area contributed by atoms with Crippen LogP contribution in [0.15, 0.2) is 42.5 Å². The smallest absolute Gasteiger partial charge is 0.261 e. The third-order valence-electron chi connectivity index (χ3n) is 5.02. The minimum absolute atomic E-state index is 0.186. The number of halogens is 1. The first kappa shape index (κ1) is 23.4. The van der Waals surface area contributed by atoms with Crippen LogP contribution in [0.1, 0.15) is 37.5 Å². The topological polar surface area (TPSA) is 58.6 Å². The Morgan fingerprint density at radius 3 is 2.37 bits per heavy atom. The lowest BCUT2D eigenvalue weighted by molar-refractivity contribution is -0.142. The van der Waals surface area contributed by atoms with E-state index >= 15 is 0 Å². The molecule has 0 spiro atoms. The Bertz CT molecular complexity index is 865. The van der Waals surface area contributed by atoms with Crippen molar-refractivity contribution >= 4 is 11.8 Å². The third kappa shape index (κ3) is 6.58. The number of amides is 2. The van der Waals surface area contributed by atoms with Crippen LogP contribution in [0.5, 0.6) is 5.75 Å². The molecule has 2 amide bonds. The highest BCUT2D eigenvalue weighted by Crippen LogP contribution is 2.21. The summed E-state index contributed by atoms with van der Waals surface area (Å²) in [6, 6.07) is 10.9. The SMILES string of the molecule is Cc1cccc(OCC(=O)N(Cc2ccc(F)cc2)[C@@H](C)C(=O)NCC(C)C)c1C. The Morgan fingerprint density at radius 2 is 1.73 bits per heavy atom. The van der Waals surface area contributed by atoms with E-state index in [9.17, 15) is 14.0 Å². The van der Waals surface area contributed by atoms with E-state index in [2.05, 4.69) is 5.32 Å². The van der Waals surface area contributed by atoms with Gasteiger partial charge in [0.2, 0.25) is 5.91 Å². The number of hydrogen-bond acceptors (Lipinski definition) is 3. The second-order valence-electron chi connectivity index (χ2n) is 7.95. The van der Waals surface area contributed by atoms with Gasteiger partial charge in [-0.3, -0.25) is 9.59 Å². The van der Waals surface area contributed by atoms with Gasteiger partial charge < -0.3 is 15.0 Å². The summed E-state index contributed by atoms with van der Waals surface area (Å²) < 4.78 is 19.0. The van der Waals surface area contributed by atoms with E-state index in [0.29, 0.717) is 18.2 Å². The molecule has 0 saturated heterocycles. The number of hydrogen-bond donors (Lipinski definition) is 1. The summed E-state index contributed by atoms with van der Waals surface area (Å²) in [6.45, 7) is 10.1. The Morgan fingerprint density at radius 1 is 1.07 bits per heavy atom. The lowest BCUT2D eigenvalue weighted by Crippen LogP contribution is -2.49. The van der Waals surface area contributed by atoms with Crippen molar-refractivity contribution in [3.05, 3.63) is 65.0 Å². The van der Waals surface area contributed by atoms with Crippen molar-refractivity contribution < 1.29 is 18.7 Å². The molecule has 0 saturated carbocycles. The minimum Gasteiger partial charge on any atom is -0.483 e. The molecule has 30 heavy (non-hydrogen) atoms. The summed E-state index contributed by atoms with van der Waals surface area (Å²) in [7, 11) is 0. The Balaban J connectivity index is 2.15. The minimum atomic E-state index is -0.691. The zero-order valence-electron chi connectivity index (χ0n) is 18.4. The van der Waals surface area contributed by atoms with Gasteiger partial charge in [0.05, 0.1) is 0 Å². The molecule has 0 aromatic heterocycles. The molecule has 1 atom stereocenters. The number of ether oxygens (including phenoxy) is 1. The van der Waals surface area contributed by atoms with Gasteiger partial charge >= 0.3 is 0 Å². The number of carbonyl (C=O) groups excluding carboxylic acids is 2. The van der Waals surface area contributed by atoms with Crippen LogP contribution in [0.2, 0.25) is 0 Å². The van der Waals surface area contributed by atoms with Crippen LogP contribution in [-0.2, 0) is 16.1 Å². The van der Waals surface area contributed by atoms with Gasteiger partial charge in [0, 0.05) is 13.1 Å². The van der Waals surface area contributed by atoms with Gasteiger partial charge in [-0.05, 0) is 61.6 Å². The molecule has 2 aromatic rings. The first-order valence-corrected chi connectivity index (χ1v) is 10.2. The number of rotatable bonds is 9. The average molecular weight is 415 g/mol. The van der Waals surface area contributed by atoms with Crippen molar-refractivity contribution in [3.63, 3.8) is 0 Å². The zero-order valence-corrected chi connectivity index (χ0v) is 18.4. The second kappa shape index (κ2) is 10.8. The van der Waals surface area contributed by atoms with Crippen LogP contribution in [0.3, 0.4) is 0 Å². The lowest BCUT2D eigenvalue weighted by atomic mass is 10.1.